The van der Waals surface area contributed by atoms with E-state index in [4.69, 9.17) is 11.0 Å². The molecule has 0 saturated carbocycles. The van der Waals surface area contributed by atoms with Gasteiger partial charge in [-0.3, -0.25) is 0 Å². The number of allylic oxidation sites excluding steroid dienone is 1. The van der Waals surface area contributed by atoms with Crippen LogP contribution in [0.1, 0.15) is 12.8 Å². The summed E-state index contributed by atoms with van der Waals surface area (Å²) in [7, 11) is 0. The van der Waals surface area contributed by atoms with Gasteiger partial charge >= 0.3 is 0 Å². The van der Waals surface area contributed by atoms with Crippen LogP contribution < -0.4 is 5.73 Å². The van der Waals surface area contributed by atoms with Crippen LogP contribution in [0, 0.1) is 11.3 Å². The Morgan fingerprint density at radius 3 is 2.89 bits per heavy atom. The van der Waals surface area contributed by atoms with E-state index in [0.717, 1.165) is 12.8 Å². The van der Waals surface area contributed by atoms with Crippen molar-refractivity contribution in [3.05, 3.63) is 11.8 Å². The molecule has 0 unspecified atom stereocenters. The quantitative estimate of drug-likeness (QED) is 0.508. The molecule has 1 rings (SSSR count). The smallest absolute Gasteiger partial charge is 0.0992 e. The molecule has 0 amide bonds. The van der Waals surface area contributed by atoms with Crippen molar-refractivity contribution in [1.82, 2.24) is 0 Å². The minimum Gasteiger partial charge on any atom is -0.387 e. The number of rotatable bonds is 0. The molecule has 1 aliphatic rings. The van der Waals surface area contributed by atoms with Crippen LogP contribution >= 0.6 is 0 Å². The SMILES string of the molecule is N#CC1=CN=C(N)CC1. The maximum atomic E-state index is 8.35. The van der Waals surface area contributed by atoms with E-state index in [1.807, 2.05) is 6.07 Å². The fourth-order valence-corrected chi connectivity index (χ4v) is 0.637. The van der Waals surface area contributed by atoms with Crippen molar-refractivity contribution in [2.75, 3.05) is 0 Å². The maximum absolute atomic E-state index is 8.35. The summed E-state index contributed by atoms with van der Waals surface area (Å²) in [6.45, 7) is 0. The van der Waals surface area contributed by atoms with Gasteiger partial charge in [0.2, 0.25) is 0 Å². The van der Waals surface area contributed by atoms with Gasteiger partial charge in [-0.2, -0.15) is 5.26 Å². The first-order chi connectivity index (χ1) is 4.33. The first-order valence-corrected chi connectivity index (χ1v) is 2.74. The zero-order valence-electron chi connectivity index (χ0n) is 4.96. The van der Waals surface area contributed by atoms with Gasteiger partial charge in [0.1, 0.15) is 0 Å². The minimum atomic E-state index is 0.619. The lowest BCUT2D eigenvalue weighted by molar-refractivity contribution is 1.00. The highest BCUT2D eigenvalue weighted by atomic mass is 14.8. The Kier molecular flexibility index (Phi) is 1.50. The summed E-state index contributed by atoms with van der Waals surface area (Å²) in [6, 6.07) is 2.02. The molecule has 0 fully saturated rings. The van der Waals surface area contributed by atoms with Crippen molar-refractivity contribution in [3.8, 4) is 6.07 Å². The number of amidine groups is 1. The number of nitriles is 1. The van der Waals surface area contributed by atoms with Crippen molar-refractivity contribution < 1.29 is 0 Å². The zero-order chi connectivity index (χ0) is 6.69. The zero-order valence-corrected chi connectivity index (χ0v) is 4.96. The average molecular weight is 121 g/mol. The van der Waals surface area contributed by atoms with Crippen LogP contribution in [-0.2, 0) is 0 Å². The molecular formula is C6H7N3. The van der Waals surface area contributed by atoms with Crippen molar-refractivity contribution in [1.29, 1.82) is 5.26 Å². The lowest BCUT2D eigenvalue weighted by atomic mass is 10.1. The molecule has 0 spiro atoms. The van der Waals surface area contributed by atoms with Gasteiger partial charge in [-0.1, -0.05) is 0 Å². The molecule has 0 aromatic rings. The van der Waals surface area contributed by atoms with Crippen LogP contribution in [0.3, 0.4) is 0 Å². The van der Waals surface area contributed by atoms with Gasteiger partial charge in [0, 0.05) is 18.2 Å². The molecule has 2 N–H and O–H groups in total. The number of nitrogens with zero attached hydrogens (tertiary/aromatic N) is 2. The third-order valence-corrected chi connectivity index (χ3v) is 1.18. The number of nitrogens with two attached hydrogens (primary N) is 1. The fourth-order valence-electron chi connectivity index (χ4n) is 0.637. The molecule has 1 heterocycles. The molecule has 3 nitrogen and oxygen atoms in total. The standard InChI is InChI=1S/C6H7N3/c7-3-5-1-2-6(8)9-4-5/h4H,1-2H2,(H2,8,9). The van der Waals surface area contributed by atoms with E-state index in [0.29, 0.717) is 11.4 Å². The third kappa shape index (κ3) is 1.29. The second-order valence-electron chi connectivity index (χ2n) is 1.89. The monoisotopic (exact) mass is 121 g/mol. The highest BCUT2D eigenvalue weighted by Crippen LogP contribution is 2.08. The normalized spacial score (nSPS) is 17.7. The highest BCUT2D eigenvalue weighted by Gasteiger charge is 2.02. The molecule has 0 aromatic heterocycles. The van der Waals surface area contributed by atoms with Crippen LogP contribution in [0.2, 0.25) is 0 Å². The summed E-state index contributed by atoms with van der Waals surface area (Å²) in [5, 5.41) is 8.35. The summed E-state index contributed by atoms with van der Waals surface area (Å²) in [4.78, 5) is 3.79. The molecule has 0 aliphatic carbocycles. The number of aliphatic imine (C=N–C) groups is 1. The number of hydrogen-bond acceptors (Lipinski definition) is 3. The van der Waals surface area contributed by atoms with Crippen LogP contribution in [-0.4, -0.2) is 5.84 Å². The molecule has 0 bridgehead atoms. The first kappa shape index (κ1) is 5.83. The van der Waals surface area contributed by atoms with E-state index in [-0.39, 0.29) is 0 Å². The Balaban J connectivity index is 2.73. The summed E-state index contributed by atoms with van der Waals surface area (Å²) >= 11 is 0. The average Bonchev–Trinajstić information content (AvgIpc) is 1.90. The van der Waals surface area contributed by atoms with Crippen molar-refractivity contribution in [3.63, 3.8) is 0 Å². The largest absolute Gasteiger partial charge is 0.387 e. The summed E-state index contributed by atoms with van der Waals surface area (Å²) in [5.41, 5.74) is 6.06. The van der Waals surface area contributed by atoms with E-state index in [2.05, 4.69) is 4.99 Å². The first-order valence-electron chi connectivity index (χ1n) is 2.74. The van der Waals surface area contributed by atoms with Crippen molar-refractivity contribution in [2.45, 2.75) is 12.8 Å². The van der Waals surface area contributed by atoms with Crippen LogP contribution in [0.15, 0.2) is 16.8 Å². The Morgan fingerprint density at radius 1 is 1.67 bits per heavy atom. The molecule has 9 heavy (non-hydrogen) atoms. The van der Waals surface area contributed by atoms with E-state index in [1.54, 1.807) is 0 Å². The lowest BCUT2D eigenvalue weighted by Gasteiger charge is -2.02. The Bertz CT molecular complexity index is 207. The highest BCUT2D eigenvalue weighted by molar-refractivity contribution is 5.82. The van der Waals surface area contributed by atoms with Crippen molar-refractivity contribution >= 4 is 5.84 Å². The molecule has 1 aliphatic heterocycles. The number of hydrogen-bond donors (Lipinski definition) is 1. The van der Waals surface area contributed by atoms with Crippen molar-refractivity contribution in [2.24, 2.45) is 10.7 Å². The molecule has 0 saturated heterocycles. The Hall–Kier alpha value is -1.30. The third-order valence-electron chi connectivity index (χ3n) is 1.18. The van der Waals surface area contributed by atoms with Gasteiger partial charge in [-0.25, -0.2) is 4.99 Å². The molecule has 0 radical (unpaired) electrons. The van der Waals surface area contributed by atoms with Gasteiger partial charge in [0.05, 0.1) is 11.9 Å². The van der Waals surface area contributed by atoms with E-state index >= 15 is 0 Å². The summed E-state index contributed by atoms with van der Waals surface area (Å²) in [6.07, 6.45) is 2.99. The molecule has 3 heteroatoms. The second kappa shape index (κ2) is 2.31. The predicted molar refractivity (Wildman–Crippen MR) is 34.6 cm³/mol. The predicted octanol–water partition coefficient (Wildman–Crippen LogP) is 0.545. The van der Waals surface area contributed by atoms with Gasteiger partial charge in [0.25, 0.3) is 0 Å². The Labute approximate surface area is 53.5 Å². The van der Waals surface area contributed by atoms with Crippen LogP contribution in [0.5, 0.6) is 0 Å². The Morgan fingerprint density at radius 2 is 2.44 bits per heavy atom. The van der Waals surface area contributed by atoms with E-state index < -0.39 is 0 Å². The molecular weight excluding hydrogens is 114 g/mol. The summed E-state index contributed by atoms with van der Waals surface area (Å²) in [5.74, 6) is 0.619. The topological polar surface area (TPSA) is 62.2 Å². The van der Waals surface area contributed by atoms with Gasteiger partial charge < -0.3 is 5.73 Å². The molecule has 46 valence electrons. The van der Waals surface area contributed by atoms with Gasteiger partial charge in [-0.05, 0) is 6.42 Å². The lowest BCUT2D eigenvalue weighted by Crippen LogP contribution is -2.13. The van der Waals surface area contributed by atoms with Gasteiger partial charge in [0.15, 0.2) is 0 Å². The van der Waals surface area contributed by atoms with E-state index in [1.165, 1.54) is 6.20 Å². The molecule has 0 aromatic carbocycles. The van der Waals surface area contributed by atoms with Crippen LogP contribution in [0.4, 0.5) is 0 Å². The van der Waals surface area contributed by atoms with E-state index in [9.17, 15) is 0 Å². The fraction of sp³-hybridized carbons (Fsp3) is 0.333. The van der Waals surface area contributed by atoms with Crippen LogP contribution in [0.25, 0.3) is 0 Å². The summed E-state index contributed by atoms with van der Waals surface area (Å²) < 4.78 is 0. The second-order valence-corrected chi connectivity index (χ2v) is 1.89. The van der Waals surface area contributed by atoms with Gasteiger partial charge in [-0.15, -0.1) is 0 Å². The maximum Gasteiger partial charge on any atom is 0.0992 e. The minimum absolute atomic E-state index is 0.619. The molecule has 0 atom stereocenters.